The van der Waals surface area contributed by atoms with E-state index in [9.17, 15) is 9.90 Å². The predicted octanol–water partition coefficient (Wildman–Crippen LogP) is 4.10. The molecule has 3 aromatic rings. The Morgan fingerprint density at radius 1 is 1.28 bits per heavy atom. The number of methoxy groups -OCH3 is 1. The maximum atomic E-state index is 11.6. The van der Waals surface area contributed by atoms with Gasteiger partial charge in [0, 0.05) is 25.0 Å². The Morgan fingerprint density at radius 3 is 2.72 bits per heavy atom. The lowest BCUT2D eigenvalue weighted by Crippen LogP contribution is -2.07. The number of thiazole rings is 1. The summed E-state index contributed by atoms with van der Waals surface area (Å²) in [6, 6.07) is 11.6. The topological polar surface area (TPSA) is 62.7 Å². The molecule has 0 fully saturated rings. The highest BCUT2D eigenvalue weighted by Gasteiger charge is 2.15. The van der Waals surface area contributed by atoms with Gasteiger partial charge in [0.05, 0.1) is 19.1 Å². The minimum atomic E-state index is -1.02. The Bertz CT molecular complexity index is 960. The summed E-state index contributed by atoms with van der Waals surface area (Å²) in [5, 5.41) is 14.2. The lowest BCUT2D eigenvalue weighted by molar-refractivity contribution is -0.130. The molecule has 0 aliphatic heterocycles. The zero-order valence-electron chi connectivity index (χ0n) is 14.2. The molecule has 0 aliphatic carbocycles. The molecule has 1 N–H and O–H groups in total. The van der Waals surface area contributed by atoms with Gasteiger partial charge in [0.2, 0.25) is 0 Å². The highest BCUT2D eigenvalue weighted by Crippen LogP contribution is 2.32. The average molecular weight is 354 g/mol. The second-order valence-electron chi connectivity index (χ2n) is 5.72. The van der Waals surface area contributed by atoms with Crippen molar-refractivity contribution in [2.24, 2.45) is 0 Å². The standard InChI is InChI=1S/C19H18N2O3S/c1-21(2)19-20-17(11-25-19)13-8-7-12-5-4-6-14(15(12)9-13)16(10-24-3)18(22)23/h4-11H,1-3H3,(H,22,23). The maximum absolute atomic E-state index is 11.6. The van der Waals surface area contributed by atoms with E-state index in [2.05, 4.69) is 4.98 Å². The first-order chi connectivity index (χ1) is 12.0. The summed E-state index contributed by atoms with van der Waals surface area (Å²) in [7, 11) is 5.35. The van der Waals surface area contributed by atoms with Gasteiger partial charge in [-0.05, 0) is 22.4 Å². The van der Waals surface area contributed by atoms with E-state index >= 15 is 0 Å². The molecule has 25 heavy (non-hydrogen) atoms. The largest absolute Gasteiger partial charge is 0.503 e. The number of carbonyl (C=O) groups is 1. The summed E-state index contributed by atoms with van der Waals surface area (Å²) >= 11 is 1.57. The number of aromatic nitrogens is 1. The predicted molar refractivity (Wildman–Crippen MR) is 102 cm³/mol. The summed E-state index contributed by atoms with van der Waals surface area (Å²) in [5.41, 5.74) is 2.57. The van der Waals surface area contributed by atoms with Crippen LogP contribution in [0.4, 0.5) is 5.13 Å². The van der Waals surface area contributed by atoms with Crippen LogP contribution in [0.2, 0.25) is 0 Å². The van der Waals surface area contributed by atoms with E-state index < -0.39 is 5.97 Å². The third-order valence-corrected chi connectivity index (χ3v) is 4.82. The number of ether oxygens (including phenoxy) is 1. The fraction of sp³-hybridized carbons (Fsp3) is 0.158. The van der Waals surface area contributed by atoms with E-state index in [0.717, 1.165) is 27.2 Å². The van der Waals surface area contributed by atoms with E-state index in [0.29, 0.717) is 5.56 Å². The van der Waals surface area contributed by atoms with Crippen molar-refractivity contribution in [1.82, 2.24) is 4.98 Å². The van der Waals surface area contributed by atoms with Crippen LogP contribution in [0.5, 0.6) is 0 Å². The number of carboxylic acid groups (broad SMARTS) is 1. The van der Waals surface area contributed by atoms with Crippen LogP contribution in [-0.4, -0.2) is 37.3 Å². The minimum absolute atomic E-state index is 0.123. The smallest absolute Gasteiger partial charge is 0.339 e. The van der Waals surface area contributed by atoms with Gasteiger partial charge in [0.15, 0.2) is 5.13 Å². The van der Waals surface area contributed by atoms with E-state index in [-0.39, 0.29) is 5.57 Å². The van der Waals surface area contributed by atoms with Gasteiger partial charge in [-0.1, -0.05) is 30.3 Å². The van der Waals surface area contributed by atoms with Crippen molar-refractivity contribution in [2.45, 2.75) is 0 Å². The van der Waals surface area contributed by atoms with Crippen LogP contribution in [-0.2, 0) is 9.53 Å². The fourth-order valence-corrected chi connectivity index (χ4v) is 3.38. The third-order valence-electron chi connectivity index (χ3n) is 3.81. The van der Waals surface area contributed by atoms with Crippen LogP contribution in [0, 0.1) is 0 Å². The Kier molecular flexibility index (Phi) is 4.72. The van der Waals surface area contributed by atoms with Crippen LogP contribution < -0.4 is 4.90 Å². The SMILES string of the molecule is COC=C(C(=O)O)c1cccc2ccc(-c3csc(N(C)C)n3)cc12. The molecule has 1 aromatic heterocycles. The lowest BCUT2D eigenvalue weighted by Gasteiger charge is -2.09. The van der Waals surface area contributed by atoms with Gasteiger partial charge in [-0.2, -0.15) is 0 Å². The second kappa shape index (κ2) is 6.94. The summed E-state index contributed by atoms with van der Waals surface area (Å²) < 4.78 is 4.95. The quantitative estimate of drug-likeness (QED) is 0.552. The van der Waals surface area contributed by atoms with Crippen LogP contribution in [0.3, 0.4) is 0 Å². The Hall–Kier alpha value is -2.86. The third kappa shape index (κ3) is 3.34. The van der Waals surface area contributed by atoms with Crippen molar-refractivity contribution in [2.75, 3.05) is 26.1 Å². The first-order valence-corrected chi connectivity index (χ1v) is 8.52. The molecule has 0 saturated heterocycles. The van der Waals surface area contributed by atoms with E-state index in [1.807, 2.05) is 54.7 Å². The zero-order chi connectivity index (χ0) is 18.0. The highest BCUT2D eigenvalue weighted by molar-refractivity contribution is 7.14. The summed E-state index contributed by atoms with van der Waals surface area (Å²) in [6.07, 6.45) is 1.26. The van der Waals surface area contributed by atoms with Crippen LogP contribution >= 0.6 is 11.3 Å². The van der Waals surface area contributed by atoms with Gasteiger partial charge in [-0.25, -0.2) is 9.78 Å². The molecule has 1 heterocycles. The van der Waals surface area contributed by atoms with Crippen molar-refractivity contribution >= 4 is 38.8 Å². The molecule has 0 saturated carbocycles. The van der Waals surface area contributed by atoms with Gasteiger partial charge in [-0.15, -0.1) is 11.3 Å². The van der Waals surface area contributed by atoms with Gasteiger partial charge in [0.1, 0.15) is 5.57 Å². The number of carboxylic acids is 1. The fourth-order valence-electron chi connectivity index (χ4n) is 2.62. The maximum Gasteiger partial charge on any atom is 0.339 e. The van der Waals surface area contributed by atoms with E-state index in [1.54, 1.807) is 17.4 Å². The summed E-state index contributed by atoms with van der Waals surface area (Å²) in [4.78, 5) is 18.2. The van der Waals surface area contributed by atoms with Crippen molar-refractivity contribution in [1.29, 1.82) is 0 Å². The van der Waals surface area contributed by atoms with E-state index in [4.69, 9.17) is 4.74 Å². The molecule has 3 rings (SSSR count). The number of rotatable bonds is 5. The van der Waals surface area contributed by atoms with Crippen molar-refractivity contribution in [3.8, 4) is 11.3 Å². The van der Waals surface area contributed by atoms with Crippen molar-refractivity contribution < 1.29 is 14.6 Å². The number of anilines is 1. The zero-order valence-corrected chi connectivity index (χ0v) is 15.0. The number of hydrogen-bond donors (Lipinski definition) is 1. The van der Waals surface area contributed by atoms with E-state index in [1.165, 1.54) is 13.4 Å². The van der Waals surface area contributed by atoms with Gasteiger partial charge in [0.25, 0.3) is 0 Å². The molecule has 0 amide bonds. The second-order valence-corrected chi connectivity index (χ2v) is 6.56. The molecular formula is C19H18N2O3S. The Morgan fingerprint density at radius 2 is 2.08 bits per heavy atom. The van der Waals surface area contributed by atoms with Gasteiger partial charge >= 0.3 is 5.97 Å². The first-order valence-electron chi connectivity index (χ1n) is 7.64. The molecule has 0 spiro atoms. The minimum Gasteiger partial charge on any atom is -0.503 e. The number of hydrogen-bond acceptors (Lipinski definition) is 5. The average Bonchev–Trinajstić information content (AvgIpc) is 3.09. The molecule has 0 aliphatic rings. The van der Waals surface area contributed by atoms with Gasteiger partial charge in [-0.3, -0.25) is 0 Å². The highest BCUT2D eigenvalue weighted by atomic mass is 32.1. The summed E-state index contributed by atoms with van der Waals surface area (Å²) in [6.45, 7) is 0. The number of benzene rings is 2. The molecule has 0 bridgehead atoms. The van der Waals surface area contributed by atoms with Crippen LogP contribution in [0.25, 0.3) is 27.6 Å². The van der Waals surface area contributed by atoms with Gasteiger partial charge < -0.3 is 14.7 Å². The Labute approximate surface area is 149 Å². The van der Waals surface area contributed by atoms with Crippen LogP contribution in [0.15, 0.2) is 48.0 Å². The number of aliphatic carboxylic acids is 1. The molecule has 0 unspecified atom stereocenters. The molecule has 6 heteroatoms. The molecule has 2 aromatic carbocycles. The molecule has 0 radical (unpaired) electrons. The monoisotopic (exact) mass is 354 g/mol. The number of fused-ring (bicyclic) bond motifs is 1. The van der Waals surface area contributed by atoms with Crippen molar-refractivity contribution in [3.05, 3.63) is 53.6 Å². The summed E-state index contributed by atoms with van der Waals surface area (Å²) in [5.74, 6) is -1.02. The molecular weight excluding hydrogens is 336 g/mol. The first kappa shape index (κ1) is 17.0. The molecule has 128 valence electrons. The van der Waals surface area contributed by atoms with Crippen LogP contribution in [0.1, 0.15) is 5.56 Å². The molecule has 5 nitrogen and oxygen atoms in total. The lowest BCUT2D eigenvalue weighted by atomic mass is 9.96. The molecule has 0 atom stereocenters. The number of nitrogens with zero attached hydrogens (tertiary/aromatic N) is 2. The Balaban J connectivity index is 2.17. The normalized spacial score (nSPS) is 11.6. The van der Waals surface area contributed by atoms with Crippen molar-refractivity contribution in [3.63, 3.8) is 0 Å².